The van der Waals surface area contributed by atoms with Gasteiger partial charge < -0.3 is 10.5 Å². The Bertz CT molecular complexity index is 354. The van der Waals surface area contributed by atoms with Gasteiger partial charge in [-0.25, -0.2) is 0 Å². The van der Waals surface area contributed by atoms with Crippen LogP contribution in [-0.4, -0.2) is 28.5 Å². The highest BCUT2D eigenvalue weighted by atomic mass is 16.5. The Kier molecular flexibility index (Phi) is 5.35. The topological polar surface area (TPSA) is 53.1 Å². The van der Waals surface area contributed by atoms with Crippen LogP contribution < -0.4 is 5.73 Å². The predicted octanol–water partition coefficient (Wildman–Crippen LogP) is 2.13. The van der Waals surface area contributed by atoms with Crippen molar-refractivity contribution in [2.75, 3.05) is 6.61 Å². The Morgan fingerprint density at radius 2 is 2.11 bits per heavy atom. The van der Waals surface area contributed by atoms with Crippen molar-refractivity contribution in [3.8, 4) is 0 Å². The molecular weight excluding hydrogens is 226 g/mol. The Morgan fingerprint density at radius 3 is 2.56 bits per heavy atom. The van der Waals surface area contributed by atoms with Crippen molar-refractivity contribution < 1.29 is 4.74 Å². The lowest BCUT2D eigenvalue weighted by atomic mass is 9.83. The summed E-state index contributed by atoms with van der Waals surface area (Å²) < 4.78 is 7.72. The summed E-state index contributed by atoms with van der Waals surface area (Å²) in [6.07, 6.45) is 3.78. The summed E-state index contributed by atoms with van der Waals surface area (Å²) in [5.41, 5.74) is 7.59. The summed E-state index contributed by atoms with van der Waals surface area (Å²) in [6.45, 7) is 9.26. The molecule has 2 N–H and O–H groups in total. The number of hydrogen-bond donors (Lipinski definition) is 1. The molecule has 1 aromatic heterocycles. The van der Waals surface area contributed by atoms with Crippen LogP contribution in [0.3, 0.4) is 0 Å². The van der Waals surface area contributed by atoms with Crippen molar-refractivity contribution in [1.82, 2.24) is 9.78 Å². The van der Waals surface area contributed by atoms with Gasteiger partial charge in [0.2, 0.25) is 0 Å². The molecule has 0 aromatic carbocycles. The fourth-order valence-electron chi connectivity index (χ4n) is 2.31. The first kappa shape index (κ1) is 15.2. The standard InChI is InChI=1S/C14H27N3O/c1-6-18-13(14(2,3)4)12(15)8-7-11-9-10-16-17(11)5/h9-10,12-13H,6-8,15H2,1-5H3. The van der Waals surface area contributed by atoms with E-state index in [9.17, 15) is 0 Å². The van der Waals surface area contributed by atoms with Gasteiger partial charge >= 0.3 is 0 Å². The first-order chi connectivity index (χ1) is 8.36. The van der Waals surface area contributed by atoms with E-state index >= 15 is 0 Å². The van der Waals surface area contributed by atoms with Gasteiger partial charge in [0.05, 0.1) is 6.10 Å². The SMILES string of the molecule is CCOC(C(N)CCc1ccnn1C)C(C)(C)C. The number of aromatic nitrogens is 2. The maximum absolute atomic E-state index is 6.30. The van der Waals surface area contributed by atoms with Gasteiger partial charge in [-0.2, -0.15) is 5.10 Å². The third-order valence-electron chi connectivity index (χ3n) is 3.24. The summed E-state index contributed by atoms with van der Waals surface area (Å²) >= 11 is 0. The highest BCUT2D eigenvalue weighted by Crippen LogP contribution is 2.26. The monoisotopic (exact) mass is 253 g/mol. The molecule has 1 aromatic rings. The van der Waals surface area contributed by atoms with Gasteiger partial charge in [-0.1, -0.05) is 20.8 Å². The summed E-state index contributed by atoms with van der Waals surface area (Å²) in [7, 11) is 1.96. The van der Waals surface area contributed by atoms with E-state index in [4.69, 9.17) is 10.5 Å². The van der Waals surface area contributed by atoms with Gasteiger partial charge in [-0.05, 0) is 31.2 Å². The normalized spacial score (nSPS) is 15.7. The van der Waals surface area contributed by atoms with Gasteiger partial charge in [0.15, 0.2) is 0 Å². The smallest absolute Gasteiger partial charge is 0.0773 e. The van der Waals surface area contributed by atoms with Crippen molar-refractivity contribution in [1.29, 1.82) is 0 Å². The van der Waals surface area contributed by atoms with Crippen LogP contribution >= 0.6 is 0 Å². The van der Waals surface area contributed by atoms with E-state index < -0.39 is 0 Å². The first-order valence-electron chi connectivity index (χ1n) is 6.70. The molecule has 0 saturated carbocycles. The van der Waals surface area contributed by atoms with Crippen LogP contribution in [0.15, 0.2) is 12.3 Å². The summed E-state index contributed by atoms with van der Waals surface area (Å²) in [5, 5.41) is 4.17. The molecule has 0 aliphatic carbocycles. The van der Waals surface area contributed by atoms with Crippen LogP contribution in [0.2, 0.25) is 0 Å². The van der Waals surface area contributed by atoms with Crippen LogP contribution in [0.5, 0.6) is 0 Å². The Balaban J connectivity index is 2.57. The van der Waals surface area contributed by atoms with E-state index in [1.54, 1.807) is 0 Å². The van der Waals surface area contributed by atoms with E-state index in [1.807, 2.05) is 30.9 Å². The van der Waals surface area contributed by atoms with E-state index in [-0.39, 0.29) is 17.6 Å². The molecule has 0 bridgehead atoms. The largest absolute Gasteiger partial charge is 0.376 e. The molecule has 0 spiro atoms. The maximum atomic E-state index is 6.30. The molecule has 4 nitrogen and oxygen atoms in total. The average molecular weight is 253 g/mol. The van der Waals surface area contributed by atoms with Crippen molar-refractivity contribution in [3.05, 3.63) is 18.0 Å². The fraction of sp³-hybridized carbons (Fsp3) is 0.786. The highest BCUT2D eigenvalue weighted by Gasteiger charge is 2.30. The average Bonchev–Trinajstić information content (AvgIpc) is 2.67. The number of rotatable bonds is 6. The minimum Gasteiger partial charge on any atom is -0.376 e. The Hall–Kier alpha value is -0.870. The molecule has 0 aliphatic heterocycles. The lowest BCUT2D eigenvalue weighted by Gasteiger charge is -2.35. The van der Waals surface area contributed by atoms with E-state index in [0.29, 0.717) is 6.61 Å². The van der Waals surface area contributed by atoms with E-state index in [1.165, 1.54) is 5.69 Å². The van der Waals surface area contributed by atoms with Crippen molar-refractivity contribution in [2.24, 2.45) is 18.2 Å². The zero-order valence-corrected chi connectivity index (χ0v) is 12.3. The third kappa shape index (κ3) is 4.10. The van der Waals surface area contributed by atoms with Crippen LogP contribution in [0.25, 0.3) is 0 Å². The molecule has 18 heavy (non-hydrogen) atoms. The number of ether oxygens (including phenoxy) is 1. The fourth-order valence-corrected chi connectivity index (χ4v) is 2.31. The zero-order chi connectivity index (χ0) is 13.8. The van der Waals surface area contributed by atoms with Crippen LogP contribution in [0, 0.1) is 5.41 Å². The lowest BCUT2D eigenvalue weighted by Crippen LogP contribution is -2.45. The van der Waals surface area contributed by atoms with Crippen molar-refractivity contribution in [3.63, 3.8) is 0 Å². The summed E-state index contributed by atoms with van der Waals surface area (Å²) in [4.78, 5) is 0. The minimum absolute atomic E-state index is 0.0554. The highest BCUT2D eigenvalue weighted by molar-refractivity contribution is 5.01. The number of nitrogens with two attached hydrogens (primary N) is 1. The molecule has 4 heteroatoms. The summed E-state index contributed by atoms with van der Waals surface area (Å²) in [5.74, 6) is 0. The zero-order valence-electron chi connectivity index (χ0n) is 12.3. The minimum atomic E-state index is 0.0554. The summed E-state index contributed by atoms with van der Waals surface area (Å²) in [6, 6.07) is 2.10. The molecule has 2 atom stereocenters. The molecule has 2 unspecified atom stereocenters. The first-order valence-corrected chi connectivity index (χ1v) is 6.70. The number of hydrogen-bond acceptors (Lipinski definition) is 3. The van der Waals surface area contributed by atoms with Gasteiger partial charge in [-0.15, -0.1) is 0 Å². The number of nitrogens with zero attached hydrogens (tertiary/aromatic N) is 2. The maximum Gasteiger partial charge on any atom is 0.0773 e. The second-order valence-corrected chi connectivity index (χ2v) is 5.89. The third-order valence-corrected chi connectivity index (χ3v) is 3.24. The quantitative estimate of drug-likeness (QED) is 0.845. The van der Waals surface area contributed by atoms with Gasteiger partial charge in [0.25, 0.3) is 0 Å². The molecule has 1 rings (SSSR count). The predicted molar refractivity (Wildman–Crippen MR) is 74.4 cm³/mol. The molecule has 0 amide bonds. The second kappa shape index (κ2) is 6.34. The van der Waals surface area contributed by atoms with Gasteiger partial charge in [0, 0.05) is 31.6 Å². The molecule has 0 radical (unpaired) electrons. The molecule has 1 heterocycles. The molecule has 0 fully saturated rings. The molecular formula is C14H27N3O. The number of aryl methyl sites for hydroxylation is 2. The van der Waals surface area contributed by atoms with Gasteiger partial charge in [-0.3, -0.25) is 4.68 Å². The Labute approximate surface area is 111 Å². The second-order valence-electron chi connectivity index (χ2n) is 5.89. The molecule has 0 saturated heterocycles. The lowest BCUT2D eigenvalue weighted by molar-refractivity contribution is -0.0290. The van der Waals surface area contributed by atoms with E-state index in [2.05, 4.69) is 25.9 Å². The van der Waals surface area contributed by atoms with Crippen molar-refractivity contribution >= 4 is 0 Å². The van der Waals surface area contributed by atoms with Crippen molar-refractivity contribution in [2.45, 2.75) is 52.7 Å². The van der Waals surface area contributed by atoms with Crippen LogP contribution in [0.1, 0.15) is 39.8 Å². The molecule has 104 valence electrons. The van der Waals surface area contributed by atoms with Crippen LogP contribution in [0.4, 0.5) is 0 Å². The van der Waals surface area contributed by atoms with E-state index in [0.717, 1.165) is 12.8 Å². The van der Waals surface area contributed by atoms with Crippen LogP contribution in [-0.2, 0) is 18.2 Å². The Morgan fingerprint density at radius 1 is 1.44 bits per heavy atom. The van der Waals surface area contributed by atoms with Gasteiger partial charge in [0.1, 0.15) is 0 Å². The molecule has 0 aliphatic rings.